The van der Waals surface area contributed by atoms with E-state index >= 15 is 0 Å². The maximum Gasteiger partial charge on any atom is 0.275 e. The van der Waals surface area contributed by atoms with E-state index in [4.69, 9.17) is 15.2 Å². The lowest BCUT2D eigenvalue weighted by molar-refractivity contribution is 0.102. The summed E-state index contributed by atoms with van der Waals surface area (Å²) in [6.07, 6.45) is 3.59. The van der Waals surface area contributed by atoms with E-state index in [2.05, 4.69) is 20.3 Å². The second kappa shape index (κ2) is 8.43. The molecule has 2 aliphatic heterocycles. The number of nitrogens with zero attached hydrogens (tertiary/aromatic N) is 3. The van der Waals surface area contributed by atoms with E-state index < -0.39 is 22.7 Å². The van der Waals surface area contributed by atoms with Gasteiger partial charge in [0.25, 0.3) is 5.91 Å². The summed E-state index contributed by atoms with van der Waals surface area (Å²) in [5.74, 6) is 0.140. The molecule has 31 heavy (non-hydrogen) atoms. The second-order valence-corrected chi connectivity index (χ2v) is 8.89. The van der Waals surface area contributed by atoms with Crippen LogP contribution in [0.5, 0.6) is 5.88 Å². The van der Waals surface area contributed by atoms with Gasteiger partial charge < -0.3 is 20.5 Å². The minimum Gasteiger partial charge on any atom is -0.477 e. The summed E-state index contributed by atoms with van der Waals surface area (Å²) in [5, 5.41) is 3.15. The van der Waals surface area contributed by atoms with Crippen molar-refractivity contribution in [3.8, 4) is 5.88 Å². The first-order valence-electron chi connectivity index (χ1n) is 9.99. The Morgan fingerprint density at radius 2 is 2.19 bits per heavy atom. The Kier molecular flexibility index (Phi) is 5.85. The number of amidine groups is 1. The number of carbonyl (C=O) groups excluding carboxylic acids is 1. The number of nitrogens with two attached hydrogens (primary N) is 1. The lowest BCUT2D eigenvalue weighted by Gasteiger charge is -2.42. The number of rotatable bonds is 6. The zero-order chi connectivity index (χ0) is 22.1. The number of hydrogen-bond donors (Lipinski definition) is 2. The largest absolute Gasteiger partial charge is 0.477 e. The third-order valence-corrected chi connectivity index (χ3v) is 6.72. The minimum absolute atomic E-state index is 0.123. The molecule has 0 radical (unpaired) electrons. The number of ether oxygens (including phenoxy) is 2. The Morgan fingerprint density at radius 3 is 2.94 bits per heavy atom. The van der Waals surface area contributed by atoms with Gasteiger partial charge in [0.2, 0.25) is 5.88 Å². The molecule has 1 fully saturated rings. The van der Waals surface area contributed by atoms with Crippen molar-refractivity contribution in [3.05, 3.63) is 47.7 Å². The predicted octanol–water partition coefficient (Wildman–Crippen LogP) is 2.95. The lowest BCUT2D eigenvalue weighted by atomic mass is 9.70. The number of amides is 1. The van der Waals surface area contributed by atoms with Crippen molar-refractivity contribution < 1.29 is 18.7 Å². The minimum atomic E-state index is -0.939. The number of thioether (sulfide) groups is 1. The molecule has 4 rings (SSSR count). The highest BCUT2D eigenvalue weighted by atomic mass is 32.2. The fourth-order valence-corrected chi connectivity index (χ4v) is 4.80. The van der Waals surface area contributed by atoms with Crippen LogP contribution in [0.25, 0.3) is 0 Å². The molecule has 0 spiro atoms. The van der Waals surface area contributed by atoms with Crippen molar-refractivity contribution in [1.29, 1.82) is 0 Å². The SMILES string of the molecule is CCCOc1cnc(C(=O)Nc2ccc(F)c([C@]34COC[C@@]3(C)CSC(N)=N4)c2)cn1. The number of aliphatic imine (C=N–C) groups is 1. The lowest BCUT2D eigenvalue weighted by Crippen LogP contribution is -2.48. The van der Waals surface area contributed by atoms with E-state index in [1.54, 1.807) is 6.07 Å². The topological polar surface area (TPSA) is 112 Å². The molecule has 2 aromatic rings. The van der Waals surface area contributed by atoms with Crippen LogP contribution < -0.4 is 15.8 Å². The number of carbonyl (C=O) groups is 1. The molecule has 1 aromatic carbocycles. The Hall–Kier alpha value is -2.72. The molecule has 2 atom stereocenters. The first kappa shape index (κ1) is 21.5. The van der Waals surface area contributed by atoms with Gasteiger partial charge in [0.1, 0.15) is 17.1 Å². The predicted molar refractivity (Wildman–Crippen MR) is 117 cm³/mol. The summed E-state index contributed by atoms with van der Waals surface area (Å²) < 4.78 is 26.1. The Bertz CT molecular complexity index is 1020. The van der Waals surface area contributed by atoms with Gasteiger partial charge in [-0.05, 0) is 24.6 Å². The van der Waals surface area contributed by atoms with Crippen molar-refractivity contribution in [2.24, 2.45) is 16.1 Å². The second-order valence-electron chi connectivity index (χ2n) is 7.89. The normalized spacial score (nSPS) is 24.9. The fraction of sp³-hybridized carbons (Fsp3) is 0.429. The molecule has 0 aliphatic carbocycles. The van der Waals surface area contributed by atoms with E-state index in [0.29, 0.717) is 41.3 Å². The van der Waals surface area contributed by atoms with E-state index in [-0.39, 0.29) is 12.3 Å². The standard InChI is InChI=1S/C21H24FN5O3S/c1-3-6-30-17-9-24-16(8-25-17)18(28)26-13-4-5-15(22)14(7-13)21-11-29-10-20(21,2)12-31-19(23)27-21/h4-5,7-9H,3,6,10-12H2,1-2H3,(H2,23,27)(H,26,28)/t20-,21+/m0/s1. The van der Waals surface area contributed by atoms with Crippen LogP contribution in [-0.4, -0.2) is 46.6 Å². The quantitative estimate of drug-likeness (QED) is 0.703. The first-order valence-corrected chi connectivity index (χ1v) is 11.0. The summed E-state index contributed by atoms with van der Waals surface area (Å²) in [6.45, 7) is 5.20. The fourth-order valence-electron chi connectivity index (χ4n) is 3.79. The van der Waals surface area contributed by atoms with Crippen LogP contribution in [0.1, 0.15) is 36.3 Å². The van der Waals surface area contributed by atoms with Crippen molar-refractivity contribution in [2.75, 3.05) is 30.9 Å². The van der Waals surface area contributed by atoms with Crippen LogP contribution in [-0.2, 0) is 10.3 Å². The van der Waals surface area contributed by atoms with Crippen molar-refractivity contribution in [3.63, 3.8) is 0 Å². The number of anilines is 1. The molecule has 0 saturated carbocycles. The van der Waals surface area contributed by atoms with E-state index in [1.807, 2.05) is 13.8 Å². The zero-order valence-electron chi connectivity index (χ0n) is 17.4. The monoisotopic (exact) mass is 445 g/mol. The number of nitrogens with one attached hydrogen (secondary N) is 1. The highest BCUT2D eigenvalue weighted by Gasteiger charge is 2.57. The number of fused-ring (bicyclic) bond motifs is 1. The van der Waals surface area contributed by atoms with Crippen LogP contribution >= 0.6 is 11.8 Å². The molecular formula is C21H24FN5O3S. The van der Waals surface area contributed by atoms with Gasteiger partial charge in [-0.3, -0.25) is 4.79 Å². The first-order chi connectivity index (χ1) is 14.9. The van der Waals surface area contributed by atoms with Gasteiger partial charge in [0.05, 0.1) is 32.2 Å². The number of hydrogen-bond acceptors (Lipinski definition) is 8. The summed E-state index contributed by atoms with van der Waals surface area (Å²) in [4.78, 5) is 25.4. The Labute approximate surface area is 183 Å². The van der Waals surface area contributed by atoms with Crippen LogP contribution in [0.3, 0.4) is 0 Å². The molecular weight excluding hydrogens is 421 g/mol. The summed E-state index contributed by atoms with van der Waals surface area (Å²) >= 11 is 1.44. The summed E-state index contributed by atoms with van der Waals surface area (Å²) in [7, 11) is 0. The molecule has 10 heteroatoms. The number of aromatic nitrogens is 2. The highest BCUT2D eigenvalue weighted by Crippen LogP contribution is 2.53. The number of halogens is 1. The van der Waals surface area contributed by atoms with Crippen LogP contribution in [0.15, 0.2) is 35.6 Å². The zero-order valence-corrected chi connectivity index (χ0v) is 18.2. The average Bonchev–Trinajstić information content (AvgIpc) is 3.11. The van der Waals surface area contributed by atoms with Crippen LogP contribution in [0.2, 0.25) is 0 Å². The molecule has 164 valence electrons. The molecule has 3 heterocycles. The van der Waals surface area contributed by atoms with Gasteiger partial charge >= 0.3 is 0 Å². The van der Waals surface area contributed by atoms with Gasteiger partial charge in [-0.2, -0.15) is 0 Å². The van der Waals surface area contributed by atoms with Crippen molar-refractivity contribution in [1.82, 2.24) is 9.97 Å². The van der Waals surface area contributed by atoms with Crippen LogP contribution in [0.4, 0.5) is 10.1 Å². The van der Waals surface area contributed by atoms with Gasteiger partial charge in [0.15, 0.2) is 5.17 Å². The molecule has 1 aromatic heterocycles. The van der Waals surface area contributed by atoms with E-state index in [0.717, 1.165) is 6.42 Å². The number of benzene rings is 1. The smallest absolute Gasteiger partial charge is 0.275 e. The van der Waals surface area contributed by atoms with Gasteiger partial charge in [-0.15, -0.1) is 0 Å². The molecule has 3 N–H and O–H groups in total. The molecule has 0 unspecified atom stereocenters. The Balaban J connectivity index is 1.60. The van der Waals surface area contributed by atoms with E-state index in [1.165, 1.54) is 36.3 Å². The van der Waals surface area contributed by atoms with Crippen molar-refractivity contribution in [2.45, 2.75) is 25.8 Å². The van der Waals surface area contributed by atoms with Crippen LogP contribution in [0, 0.1) is 11.2 Å². The van der Waals surface area contributed by atoms with Gasteiger partial charge in [-0.1, -0.05) is 25.6 Å². The molecule has 0 bridgehead atoms. The summed E-state index contributed by atoms with van der Waals surface area (Å²) in [6, 6.07) is 4.41. The van der Waals surface area contributed by atoms with E-state index in [9.17, 15) is 9.18 Å². The highest BCUT2D eigenvalue weighted by molar-refractivity contribution is 8.13. The third kappa shape index (κ3) is 3.97. The maximum absolute atomic E-state index is 15.0. The molecule has 1 saturated heterocycles. The third-order valence-electron chi connectivity index (χ3n) is 5.55. The van der Waals surface area contributed by atoms with Gasteiger partial charge in [-0.25, -0.2) is 19.4 Å². The molecule has 8 nitrogen and oxygen atoms in total. The Morgan fingerprint density at radius 1 is 1.35 bits per heavy atom. The summed E-state index contributed by atoms with van der Waals surface area (Å²) in [5.41, 5.74) is 5.54. The molecule has 2 aliphatic rings. The average molecular weight is 446 g/mol. The van der Waals surface area contributed by atoms with Crippen molar-refractivity contribution >= 4 is 28.5 Å². The van der Waals surface area contributed by atoms with Gasteiger partial charge in [0, 0.05) is 22.4 Å². The molecule has 1 amide bonds. The maximum atomic E-state index is 15.0.